The second-order valence-electron chi connectivity index (χ2n) is 4.95. The molecule has 0 spiro atoms. The highest BCUT2D eigenvalue weighted by atomic mass is 15.3. The minimum atomic E-state index is 0.298. The minimum Gasteiger partial charge on any atom is -0.370 e. The first-order valence-corrected chi connectivity index (χ1v) is 6.28. The summed E-state index contributed by atoms with van der Waals surface area (Å²) in [6.07, 6.45) is 4.00. The van der Waals surface area contributed by atoms with Crippen LogP contribution in [0.2, 0.25) is 0 Å². The Morgan fingerprint density at radius 1 is 1.35 bits per heavy atom. The fourth-order valence-electron chi connectivity index (χ4n) is 1.70. The van der Waals surface area contributed by atoms with Crippen molar-refractivity contribution >= 4 is 11.6 Å². The van der Waals surface area contributed by atoms with Gasteiger partial charge in [0.2, 0.25) is 0 Å². The Bertz CT molecular complexity index is 373. The van der Waals surface area contributed by atoms with Gasteiger partial charge in [-0.05, 0) is 12.3 Å². The summed E-state index contributed by atoms with van der Waals surface area (Å²) in [6, 6.07) is 1.85. The van der Waals surface area contributed by atoms with Crippen molar-refractivity contribution in [1.82, 2.24) is 9.97 Å². The second-order valence-corrected chi connectivity index (χ2v) is 4.95. The minimum absolute atomic E-state index is 0.298. The van der Waals surface area contributed by atoms with Crippen molar-refractivity contribution in [1.29, 1.82) is 0 Å². The van der Waals surface area contributed by atoms with E-state index in [-0.39, 0.29) is 0 Å². The molecule has 0 aromatic carbocycles. The summed E-state index contributed by atoms with van der Waals surface area (Å²) in [4.78, 5) is 8.80. The summed E-state index contributed by atoms with van der Waals surface area (Å²) in [5, 5.41) is 3.34. The van der Waals surface area contributed by atoms with Crippen LogP contribution in [0, 0.1) is 5.92 Å². The van der Waals surface area contributed by atoms with Crippen molar-refractivity contribution in [2.45, 2.75) is 39.0 Å². The quantitative estimate of drug-likeness (QED) is 0.520. The molecule has 1 aromatic rings. The van der Waals surface area contributed by atoms with E-state index < -0.39 is 0 Å². The molecule has 1 aliphatic carbocycles. The molecular formula is C12H21N5. The number of aromatic nitrogens is 2. The van der Waals surface area contributed by atoms with Crippen molar-refractivity contribution < 1.29 is 0 Å². The standard InChI is InChI=1S/C12H21N5/c1-8(2)12-15-10(7-11(16-12)17-13)14-6-5-9-3-4-9/h7-9H,3-6,13H2,1-2H3,(H2,14,15,16,17). The van der Waals surface area contributed by atoms with Crippen molar-refractivity contribution in [2.24, 2.45) is 11.8 Å². The number of rotatable bonds is 6. The third-order valence-corrected chi connectivity index (χ3v) is 2.96. The highest BCUT2D eigenvalue weighted by Gasteiger charge is 2.20. The lowest BCUT2D eigenvalue weighted by molar-refractivity contribution is 0.748. The van der Waals surface area contributed by atoms with Gasteiger partial charge in [-0.25, -0.2) is 15.8 Å². The van der Waals surface area contributed by atoms with Gasteiger partial charge in [-0.1, -0.05) is 26.7 Å². The molecule has 1 saturated carbocycles. The van der Waals surface area contributed by atoms with Crippen LogP contribution in [0.4, 0.5) is 11.6 Å². The van der Waals surface area contributed by atoms with Gasteiger partial charge in [0.15, 0.2) is 0 Å². The van der Waals surface area contributed by atoms with E-state index in [1.54, 1.807) is 0 Å². The molecule has 0 aliphatic heterocycles. The fraction of sp³-hybridized carbons (Fsp3) is 0.667. The second kappa shape index (κ2) is 5.31. The van der Waals surface area contributed by atoms with Gasteiger partial charge in [-0.15, -0.1) is 0 Å². The Hall–Kier alpha value is -1.36. The van der Waals surface area contributed by atoms with Gasteiger partial charge in [0.25, 0.3) is 0 Å². The SMILES string of the molecule is CC(C)c1nc(NN)cc(NCCC2CC2)n1. The van der Waals surface area contributed by atoms with Crippen molar-refractivity contribution in [3.8, 4) is 0 Å². The van der Waals surface area contributed by atoms with Crippen LogP contribution in [-0.4, -0.2) is 16.5 Å². The van der Waals surface area contributed by atoms with Crippen molar-refractivity contribution in [2.75, 3.05) is 17.3 Å². The van der Waals surface area contributed by atoms with Crippen LogP contribution in [0.25, 0.3) is 0 Å². The summed E-state index contributed by atoms with van der Waals surface area (Å²) in [5.41, 5.74) is 2.58. The van der Waals surface area contributed by atoms with Gasteiger partial charge in [-0.3, -0.25) is 0 Å². The molecule has 1 heterocycles. The Balaban J connectivity index is 2.00. The number of nitrogens with two attached hydrogens (primary N) is 1. The maximum Gasteiger partial charge on any atom is 0.145 e. The van der Waals surface area contributed by atoms with E-state index in [9.17, 15) is 0 Å². The first-order valence-electron chi connectivity index (χ1n) is 6.28. The zero-order valence-corrected chi connectivity index (χ0v) is 10.5. The molecule has 94 valence electrons. The van der Waals surface area contributed by atoms with Gasteiger partial charge in [-0.2, -0.15) is 0 Å². The van der Waals surface area contributed by atoms with E-state index in [0.29, 0.717) is 11.7 Å². The predicted octanol–water partition coefficient (Wildman–Crippen LogP) is 2.10. The monoisotopic (exact) mass is 235 g/mol. The lowest BCUT2D eigenvalue weighted by atomic mass is 10.2. The van der Waals surface area contributed by atoms with E-state index in [2.05, 4.69) is 34.6 Å². The van der Waals surface area contributed by atoms with Crippen LogP contribution in [0.1, 0.15) is 44.9 Å². The molecule has 0 radical (unpaired) electrons. The van der Waals surface area contributed by atoms with E-state index >= 15 is 0 Å². The normalized spacial score (nSPS) is 15.1. The number of hydrogen-bond donors (Lipinski definition) is 3. The molecule has 17 heavy (non-hydrogen) atoms. The van der Waals surface area contributed by atoms with Gasteiger partial charge >= 0.3 is 0 Å². The summed E-state index contributed by atoms with van der Waals surface area (Å²) in [7, 11) is 0. The first kappa shape index (κ1) is 12.1. The smallest absolute Gasteiger partial charge is 0.145 e. The predicted molar refractivity (Wildman–Crippen MR) is 69.8 cm³/mol. The highest BCUT2D eigenvalue weighted by molar-refractivity contribution is 5.47. The van der Waals surface area contributed by atoms with E-state index in [4.69, 9.17) is 5.84 Å². The summed E-state index contributed by atoms with van der Waals surface area (Å²) < 4.78 is 0. The molecule has 0 amide bonds. The first-order chi connectivity index (χ1) is 8.19. The number of anilines is 2. The number of hydrogen-bond acceptors (Lipinski definition) is 5. The van der Waals surface area contributed by atoms with Crippen LogP contribution in [0.15, 0.2) is 6.07 Å². The van der Waals surface area contributed by atoms with Crippen LogP contribution in [0.5, 0.6) is 0 Å². The maximum atomic E-state index is 5.41. The number of nitrogen functional groups attached to an aromatic ring is 1. The topological polar surface area (TPSA) is 75.9 Å². The van der Waals surface area contributed by atoms with Crippen LogP contribution < -0.4 is 16.6 Å². The van der Waals surface area contributed by atoms with Gasteiger partial charge in [0.1, 0.15) is 17.5 Å². The molecule has 1 aliphatic rings. The lowest BCUT2D eigenvalue weighted by Crippen LogP contribution is -2.13. The van der Waals surface area contributed by atoms with Crippen molar-refractivity contribution in [3.63, 3.8) is 0 Å². The van der Waals surface area contributed by atoms with E-state index in [1.165, 1.54) is 19.3 Å². The average Bonchev–Trinajstić information content (AvgIpc) is 3.12. The molecule has 1 fully saturated rings. The van der Waals surface area contributed by atoms with E-state index in [1.807, 2.05) is 6.07 Å². The number of nitrogens with one attached hydrogen (secondary N) is 2. The summed E-state index contributed by atoms with van der Waals surface area (Å²) in [5.74, 6) is 8.97. The fourth-order valence-corrected chi connectivity index (χ4v) is 1.70. The van der Waals surface area contributed by atoms with Gasteiger partial charge in [0.05, 0.1) is 0 Å². The third-order valence-electron chi connectivity index (χ3n) is 2.96. The molecule has 2 rings (SSSR count). The molecule has 0 saturated heterocycles. The van der Waals surface area contributed by atoms with Crippen LogP contribution >= 0.6 is 0 Å². The molecule has 0 bridgehead atoms. The molecule has 1 aromatic heterocycles. The highest BCUT2D eigenvalue weighted by Crippen LogP contribution is 2.32. The lowest BCUT2D eigenvalue weighted by Gasteiger charge is -2.11. The number of nitrogens with zero attached hydrogens (tertiary/aromatic N) is 2. The van der Waals surface area contributed by atoms with Gasteiger partial charge < -0.3 is 10.7 Å². The summed E-state index contributed by atoms with van der Waals surface area (Å²) in [6.45, 7) is 5.12. The largest absolute Gasteiger partial charge is 0.370 e. The van der Waals surface area contributed by atoms with Crippen LogP contribution in [-0.2, 0) is 0 Å². The Morgan fingerprint density at radius 2 is 2.06 bits per heavy atom. The zero-order chi connectivity index (χ0) is 12.3. The molecule has 4 N–H and O–H groups in total. The van der Waals surface area contributed by atoms with E-state index in [0.717, 1.165) is 24.1 Å². The molecule has 0 unspecified atom stereocenters. The van der Waals surface area contributed by atoms with Crippen LogP contribution in [0.3, 0.4) is 0 Å². The van der Waals surface area contributed by atoms with Gasteiger partial charge in [0, 0.05) is 18.5 Å². The molecule has 5 heteroatoms. The average molecular weight is 235 g/mol. The summed E-state index contributed by atoms with van der Waals surface area (Å²) >= 11 is 0. The molecule has 0 atom stereocenters. The molecule has 5 nitrogen and oxygen atoms in total. The Morgan fingerprint density at radius 3 is 2.65 bits per heavy atom. The van der Waals surface area contributed by atoms with Crippen molar-refractivity contribution in [3.05, 3.63) is 11.9 Å². The maximum absolute atomic E-state index is 5.41. The third kappa shape index (κ3) is 3.56. The Labute approximate surface area is 102 Å². The number of hydrazine groups is 1. The molecular weight excluding hydrogens is 214 g/mol. The Kier molecular flexibility index (Phi) is 3.78. The zero-order valence-electron chi connectivity index (χ0n) is 10.5.